The molecule has 1 N–H and O–H groups in total. The van der Waals surface area contributed by atoms with Crippen molar-refractivity contribution in [2.75, 3.05) is 30.3 Å². The van der Waals surface area contributed by atoms with Crippen LogP contribution in [0.1, 0.15) is 58.4 Å². The minimum absolute atomic E-state index is 0.0445. The van der Waals surface area contributed by atoms with Gasteiger partial charge in [0.15, 0.2) is 0 Å². The van der Waals surface area contributed by atoms with Crippen LogP contribution in [0.4, 0.5) is 5.69 Å². The van der Waals surface area contributed by atoms with Gasteiger partial charge >= 0.3 is 0 Å². The number of carbonyl (C=O) groups is 2. The molecule has 2 amide bonds. The summed E-state index contributed by atoms with van der Waals surface area (Å²) in [6, 6.07) is 11.3. The average molecular weight is 601 g/mol. The Morgan fingerprint density at radius 3 is 2.36 bits per heavy atom. The second-order valence-corrected chi connectivity index (χ2v) is 11.9. The quantitative estimate of drug-likeness (QED) is 0.251. The summed E-state index contributed by atoms with van der Waals surface area (Å²) in [5.41, 5.74) is 1.16. The lowest BCUT2D eigenvalue weighted by Crippen LogP contribution is -2.49. The minimum Gasteiger partial charge on any atom is -0.492 e. The number of para-hydroxylation sites is 2. The summed E-state index contributed by atoms with van der Waals surface area (Å²) < 4.78 is 32.2. The molecule has 0 fully saturated rings. The predicted octanol–water partition coefficient (Wildman–Crippen LogP) is 5.66. The minimum atomic E-state index is -3.64. The van der Waals surface area contributed by atoms with Crippen LogP contribution >= 0.6 is 23.2 Å². The Kier molecular flexibility index (Phi) is 13.4. The normalized spacial score (nSPS) is 12.1. The van der Waals surface area contributed by atoms with Crippen LogP contribution in [0.25, 0.3) is 0 Å². The summed E-state index contributed by atoms with van der Waals surface area (Å²) in [6.45, 7) is 6.88. The van der Waals surface area contributed by atoms with Crippen LogP contribution in [0.15, 0.2) is 42.5 Å². The third-order valence-corrected chi connectivity index (χ3v) is 8.06. The van der Waals surface area contributed by atoms with Crippen LogP contribution in [0.2, 0.25) is 10.0 Å². The number of hydrogen-bond acceptors (Lipinski definition) is 5. The Labute approximate surface area is 242 Å². The first kappa shape index (κ1) is 32.7. The fraction of sp³-hybridized carbons (Fsp3) is 0.500. The highest BCUT2D eigenvalue weighted by molar-refractivity contribution is 7.92. The molecule has 39 heavy (non-hydrogen) atoms. The van der Waals surface area contributed by atoms with Gasteiger partial charge in [0, 0.05) is 26.1 Å². The zero-order valence-corrected chi connectivity index (χ0v) is 25.4. The summed E-state index contributed by atoms with van der Waals surface area (Å²) in [4.78, 5) is 28.2. The standard InChI is InChI=1S/C28H39Cl2N3O5S/c1-5-8-17-31-28(35)24(6-2)32(20-21-15-16-22(29)23(30)19-21)27(34)14-11-18-33(39(4,36)37)25-12-9-10-13-26(25)38-7-3/h9-10,12-13,15-16,19,24H,5-8,11,14,17-18,20H2,1-4H3,(H,31,35)/t24-/m0/s1. The van der Waals surface area contributed by atoms with Crippen molar-refractivity contribution < 1.29 is 22.7 Å². The molecule has 0 radical (unpaired) electrons. The van der Waals surface area contributed by atoms with Crippen molar-refractivity contribution in [3.8, 4) is 5.75 Å². The molecule has 0 saturated heterocycles. The number of rotatable bonds is 16. The molecule has 0 unspecified atom stereocenters. The van der Waals surface area contributed by atoms with Crippen molar-refractivity contribution in [1.82, 2.24) is 10.2 Å². The highest BCUT2D eigenvalue weighted by Gasteiger charge is 2.29. The number of sulfonamides is 1. The molecule has 2 aromatic rings. The van der Waals surface area contributed by atoms with Crippen LogP contribution in [0.3, 0.4) is 0 Å². The van der Waals surface area contributed by atoms with Crippen LogP contribution in [-0.4, -0.2) is 57.1 Å². The SMILES string of the molecule is CCCCNC(=O)[C@H](CC)N(Cc1ccc(Cl)c(Cl)c1)C(=O)CCCN(c1ccccc1OCC)S(C)(=O)=O. The van der Waals surface area contributed by atoms with E-state index < -0.39 is 16.1 Å². The molecule has 0 bridgehead atoms. The van der Waals surface area contributed by atoms with Gasteiger partial charge in [0.2, 0.25) is 21.8 Å². The number of nitrogens with one attached hydrogen (secondary N) is 1. The van der Waals surface area contributed by atoms with Crippen molar-refractivity contribution in [2.45, 2.75) is 65.5 Å². The van der Waals surface area contributed by atoms with E-state index in [0.717, 1.165) is 24.7 Å². The maximum atomic E-state index is 13.6. The molecule has 2 aromatic carbocycles. The molecule has 2 rings (SSSR count). The second-order valence-electron chi connectivity index (χ2n) is 9.18. The Balaban J connectivity index is 2.26. The van der Waals surface area contributed by atoms with Gasteiger partial charge in [-0.2, -0.15) is 0 Å². The highest BCUT2D eigenvalue weighted by atomic mass is 35.5. The molecule has 0 aliphatic heterocycles. The molecule has 8 nitrogen and oxygen atoms in total. The molecule has 216 valence electrons. The summed E-state index contributed by atoms with van der Waals surface area (Å²) in [6.07, 6.45) is 3.62. The number of ether oxygens (including phenoxy) is 1. The van der Waals surface area contributed by atoms with Crippen LogP contribution in [0, 0.1) is 0 Å². The van der Waals surface area contributed by atoms with E-state index in [1.807, 2.05) is 20.8 Å². The van der Waals surface area contributed by atoms with E-state index in [1.54, 1.807) is 47.4 Å². The molecule has 0 aliphatic rings. The number of anilines is 1. The molecule has 0 saturated carbocycles. The third-order valence-electron chi connectivity index (χ3n) is 6.14. The van der Waals surface area contributed by atoms with E-state index in [2.05, 4.69) is 5.32 Å². The van der Waals surface area contributed by atoms with Crippen LogP contribution in [-0.2, 0) is 26.2 Å². The maximum absolute atomic E-state index is 13.6. The third kappa shape index (κ3) is 9.89. The fourth-order valence-corrected chi connectivity index (χ4v) is 5.47. The first-order valence-corrected chi connectivity index (χ1v) is 15.8. The van der Waals surface area contributed by atoms with Crippen molar-refractivity contribution in [3.05, 3.63) is 58.1 Å². The van der Waals surface area contributed by atoms with Crippen LogP contribution in [0.5, 0.6) is 5.75 Å². The molecule has 0 aliphatic carbocycles. The van der Waals surface area contributed by atoms with Crippen molar-refractivity contribution in [3.63, 3.8) is 0 Å². The Morgan fingerprint density at radius 2 is 1.74 bits per heavy atom. The maximum Gasteiger partial charge on any atom is 0.242 e. The summed E-state index contributed by atoms with van der Waals surface area (Å²) in [5.74, 6) is -0.0272. The van der Waals surface area contributed by atoms with Gasteiger partial charge in [-0.15, -0.1) is 0 Å². The summed E-state index contributed by atoms with van der Waals surface area (Å²) >= 11 is 12.3. The first-order valence-electron chi connectivity index (χ1n) is 13.2. The van der Waals surface area contributed by atoms with E-state index in [4.69, 9.17) is 27.9 Å². The van der Waals surface area contributed by atoms with Gasteiger partial charge in [0.05, 0.1) is 28.6 Å². The van der Waals surface area contributed by atoms with Crippen molar-refractivity contribution >= 4 is 50.7 Å². The van der Waals surface area contributed by atoms with E-state index in [0.29, 0.717) is 41.1 Å². The van der Waals surface area contributed by atoms with Crippen molar-refractivity contribution in [2.24, 2.45) is 0 Å². The van der Waals surface area contributed by atoms with E-state index in [9.17, 15) is 18.0 Å². The lowest BCUT2D eigenvalue weighted by atomic mass is 10.1. The van der Waals surface area contributed by atoms with Crippen molar-refractivity contribution in [1.29, 1.82) is 0 Å². The van der Waals surface area contributed by atoms with E-state index in [-0.39, 0.29) is 37.7 Å². The molecule has 1 atom stereocenters. The van der Waals surface area contributed by atoms with Gasteiger partial charge in [-0.3, -0.25) is 13.9 Å². The zero-order valence-electron chi connectivity index (χ0n) is 23.1. The first-order chi connectivity index (χ1) is 18.5. The Hall–Kier alpha value is -2.49. The average Bonchev–Trinajstić information content (AvgIpc) is 2.88. The molecule has 0 aromatic heterocycles. The zero-order chi connectivity index (χ0) is 29.0. The number of amides is 2. The highest BCUT2D eigenvalue weighted by Crippen LogP contribution is 2.30. The molecular weight excluding hydrogens is 561 g/mol. The summed E-state index contributed by atoms with van der Waals surface area (Å²) in [7, 11) is -3.64. The topological polar surface area (TPSA) is 96.0 Å². The lowest BCUT2D eigenvalue weighted by molar-refractivity contribution is -0.141. The Bertz CT molecular complexity index is 1210. The number of halogens is 2. The lowest BCUT2D eigenvalue weighted by Gasteiger charge is -2.31. The van der Waals surface area contributed by atoms with Gasteiger partial charge < -0.3 is 15.0 Å². The number of hydrogen-bond donors (Lipinski definition) is 1. The van der Waals surface area contributed by atoms with E-state index >= 15 is 0 Å². The van der Waals surface area contributed by atoms with Gasteiger partial charge in [-0.05, 0) is 56.0 Å². The molecule has 11 heteroatoms. The second kappa shape index (κ2) is 15.9. The van der Waals surface area contributed by atoms with Gasteiger partial charge in [0.1, 0.15) is 11.8 Å². The Morgan fingerprint density at radius 1 is 1.03 bits per heavy atom. The van der Waals surface area contributed by atoms with E-state index in [1.165, 1.54) is 4.31 Å². The van der Waals surface area contributed by atoms with Crippen LogP contribution < -0.4 is 14.4 Å². The monoisotopic (exact) mass is 599 g/mol. The molecule has 0 heterocycles. The number of carbonyl (C=O) groups excluding carboxylic acids is 2. The smallest absolute Gasteiger partial charge is 0.242 e. The summed E-state index contributed by atoms with van der Waals surface area (Å²) in [5, 5.41) is 3.69. The number of nitrogens with zero attached hydrogens (tertiary/aromatic N) is 2. The molecule has 0 spiro atoms. The number of unbranched alkanes of at least 4 members (excludes halogenated alkanes) is 1. The fourth-order valence-electron chi connectivity index (χ4n) is 4.18. The predicted molar refractivity (Wildman–Crippen MR) is 158 cm³/mol. The van der Waals surface area contributed by atoms with Gasteiger partial charge in [0.25, 0.3) is 0 Å². The van der Waals surface area contributed by atoms with Gasteiger partial charge in [-0.25, -0.2) is 8.42 Å². The largest absolute Gasteiger partial charge is 0.492 e. The van der Waals surface area contributed by atoms with Gasteiger partial charge in [-0.1, -0.05) is 61.7 Å². The number of benzene rings is 2. The molecular formula is C28H39Cl2N3O5S.